The van der Waals surface area contributed by atoms with E-state index in [-0.39, 0.29) is 12.4 Å². The number of benzene rings is 1. The number of aromatic nitrogens is 4. The van der Waals surface area contributed by atoms with E-state index in [1.165, 1.54) is 12.1 Å². The third-order valence-corrected chi connectivity index (χ3v) is 3.09. The molecule has 0 fully saturated rings. The van der Waals surface area contributed by atoms with Crippen LogP contribution in [0.5, 0.6) is 0 Å². The largest absolute Gasteiger partial charge is 0.387 e. The van der Waals surface area contributed by atoms with Gasteiger partial charge in [-0.2, -0.15) is 5.10 Å². The first-order chi connectivity index (χ1) is 10.7. The summed E-state index contributed by atoms with van der Waals surface area (Å²) in [4.78, 5) is 8.44. The first-order valence-corrected chi connectivity index (χ1v) is 6.72. The van der Waals surface area contributed by atoms with Gasteiger partial charge in [0.25, 0.3) is 0 Å². The van der Waals surface area contributed by atoms with E-state index in [1.807, 2.05) is 0 Å². The van der Waals surface area contributed by atoms with Crippen molar-refractivity contribution < 1.29 is 9.50 Å². The second-order valence-corrected chi connectivity index (χ2v) is 4.66. The highest BCUT2D eigenvalue weighted by Gasteiger charge is 2.08. The van der Waals surface area contributed by atoms with Crippen molar-refractivity contribution >= 4 is 5.82 Å². The first-order valence-electron chi connectivity index (χ1n) is 6.72. The maximum Gasteiger partial charge on any atom is 0.173 e. The second kappa shape index (κ2) is 6.31. The molecule has 0 amide bonds. The molecule has 2 aromatic heterocycles. The summed E-state index contributed by atoms with van der Waals surface area (Å²) in [7, 11) is 0. The molecule has 6 nitrogen and oxygen atoms in total. The molecule has 0 bridgehead atoms. The van der Waals surface area contributed by atoms with Crippen LogP contribution in [0.1, 0.15) is 11.7 Å². The quantitative estimate of drug-likeness (QED) is 0.753. The summed E-state index contributed by atoms with van der Waals surface area (Å²) in [5, 5.41) is 17.2. The molecule has 1 unspecified atom stereocenters. The summed E-state index contributed by atoms with van der Waals surface area (Å²) in [5.74, 6) is 0.766. The lowest BCUT2D eigenvalue weighted by molar-refractivity contribution is 0.191. The van der Waals surface area contributed by atoms with Gasteiger partial charge in [0, 0.05) is 18.9 Å². The molecule has 0 aliphatic rings. The van der Waals surface area contributed by atoms with E-state index in [1.54, 1.807) is 47.7 Å². The summed E-state index contributed by atoms with van der Waals surface area (Å²) in [5.41, 5.74) is 0.630. The van der Waals surface area contributed by atoms with Crippen molar-refractivity contribution in [2.75, 3.05) is 11.9 Å². The minimum Gasteiger partial charge on any atom is -0.387 e. The molecule has 112 valence electrons. The zero-order valence-electron chi connectivity index (χ0n) is 11.6. The van der Waals surface area contributed by atoms with Gasteiger partial charge in [-0.25, -0.2) is 14.1 Å². The molecule has 1 atom stereocenters. The number of rotatable bonds is 5. The second-order valence-electron chi connectivity index (χ2n) is 4.66. The highest BCUT2D eigenvalue weighted by Crippen LogP contribution is 2.14. The summed E-state index contributed by atoms with van der Waals surface area (Å²) < 4.78 is 14.4. The van der Waals surface area contributed by atoms with Gasteiger partial charge in [0.2, 0.25) is 0 Å². The van der Waals surface area contributed by atoms with E-state index in [0.29, 0.717) is 17.2 Å². The third-order valence-electron chi connectivity index (χ3n) is 3.09. The van der Waals surface area contributed by atoms with E-state index >= 15 is 0 Å². The zero-order chi connectivity index (χ0) is 15.4. The van der Waals surface area contributed by atoms with Crippen molar-refractivity contribution in [2.45, 2.75) is 6.10 Å². The van der Waals surface area contributed by atoms with E-state index in [9.17, 15) is 9.50 Å². The van der Waals surface area contributed by atoms with Crippen LogP contribution in [-0.2, 0) is 0 Å². The molecule has 3 rings (SSSR count). The van der Waals surface area contributed by atoms with Crippen LogP contribution >= 0.6 is 0 Å². The molecule has 22 heavy (non-hydrogen) atoms. The van der Waals surface area contributed by atoms with Gasteiger partial charge < -0.3 is 10.4 Å². The lowest BCUT2D eigenvalue weighted by Crippen LogP contribution is -2.14. The molecule has 0 spiro atoms. The number of aliphatic hydroxyl groups is 1. The molecule has 0 saturated heterocycles. The van der Waals surface area contributed by atoms with Crippen molar-refractivity contribution in [3.05, 3.63) is 66.5 Å². The summed E-state index contributed by atoms with van der Waals surface area (Å²) in [6.45, 7) is 0.239. The topological polar surface area (TPSA) is 75.9 Å². The number of nitrogens with one attached hydrogen (secondary N) is 1. The van der Waals surface area contributed by atoms with E-state index < -0.39 is 6.10 Å². The Morgan fingerprint density at radius 3 is 2.77 bits per heavy atom. The Morgan fingerprint density at radius 2 is 2.05 bits per heavy atom. The van der Waals surface area contributed by atoms with Gasteiger partial charge in [0.1, 0.15) is 11.6 Å². The van der Waals surface area contributed by atoms with Crippen LogP contribution in [0.4, 0.5) is 10.2 Å². The maximum absolute atomic E-state index is 12.9. The predicted molar refractivity (Wildman–Crippen MR) is 79.0 cm³/mol. The standard InChI is InChI=1S/C15H14FN5O/c16-12-4-2-11(3-5-12)13(22)8-18-14-9-17-10-15(20-14)21-7-1-6-19-21/h1-7,9-10,13,22H,8H2,(H,18,20). The van der Waals surface area contributed by atoms with Gasteiger partial charge in [-0.05, 0) is 23.8 Å². The molecule has 2 heterocycles. The van der Waals surface area contributed by atoms with Crippen molar-refractivity contribution in [3.8, 4) is 5.82 Å². The number of hydrogen-bond acceptors (Lipinski definition) is 5. The van der Waals surface area contributed by atoms with Crippen molar-refractivity contribution in [1.29, 1.82) is 0 Å². The highest BCUT2D eigenvalue weighted by molar-refractivity contribution is 5.36. The maximum atomic E-state index is 12.9. The highest BCUT2D eigenvalue weighted by atomic mass is 19.1. The van der Waals surface area contributed by atoms with E-state index in [4.69, 9.17) is 0 Å². The van der Waals surface area contributed by atoms with Crippen LogP contribution in [0.2, 0.25) is 0 Å². The number of aliphatic hydroxyl groups excluding tert-OH is 1. The SMILES string of the molecule is OC(CNc1cncc(-n2cccn2)n1)c1ccc(F)cc1. The van der Waals surface area contributed by atoms with E-state index in [2.05, 4.69) is 20.4 Å². The Labute approximate surface area is 126 Å². The van der Waals surface area contributed by atoms with Gasteiger partial charge in [0.05, 0.1) is 18.5 Å². The number of halogens is 1. The molecule has 0 saturated carbocycles. The van der Waals surface area contributed by atoms with Crippen LogP contribution in [-0.4, -0.2) is 31.4 Å². The summed E-state index contributed by atoms with van der Waals surface area (Å²) >= 11 is 0. The Balaban J connectivity index is 1.66. The Morgan fingerprint density at radius 1 is 1.23 bits per heavy atom. The predicted octanol–water partition coefficient (Wildman–Crippen LogP) is 1.95. The minimum absolute atomic E-state index is 0.239. The fourth-order valence-corrected chi connectivity index (χ4v) is 1.96. The van der Waals surface area contributed by atoms with Gasteiger partial charge in [-0.15, -0.1) is 0 Å². The lowest BCUT2D eigenvalue weighted by Gasteiger charge is -2.13. The average Bonchev–Trinajstić information content (AvgIpc) is 3.08. The fourth-order valence-electron chi connectivity index (χ4n) is 1.96. The summed E-state index contributed by atoms with van der Waals surface area (Å²) in [6.07, 6.45) is 5.80. The monoisotopic (exact) mass is 299 g/mol. The molecule has 0 radical (unpaired) electrons. The third kappa shape index (κ3) is 3.26. The average molecular weight is 299 g/mol. The van der Waals surface area contributed by atoms with Crippen molar-refractivity contribution in [2.24, 2.45) is 0 Å². The lowest BCUT2D eigenvalue weighted by atomic mass is 10.1. The Kier molecular flexibility index (Phi) is 4.06. The molecule has 3 aromatic rings. The molecule has 0 aliphatic carbocycles. The molecular weight excluding hydrogens is 285 g/mol. The molecule has 7 heteroatoms. The van der Waals surface area contributed by atoms with Gasteiger partial charge >= 0.3 is 0 Å². The van der Waals surface area contributed by atoms with E-state index in [0.717, 1.165) is 0 Å². The molecule has 2 N–H and O–H groups in total. The normalized spacial score (nSPS) is 12.1. The minimum atomic E-state index is -0.768. The van der Waals surface area contributed by atoms with Crippen LogP contribution in [0.3, 0.4) is 0 Å². The van der Waals surface area contributed by atoms with Gasteiger partial charge in [-0.3, -0.25) is 4.98 Å². The Bertz CT molecular complexity index is 730. The van der Waals surface area contributed by atoms with Crippen LogP contribution in [0.15, 0.2) is 55.1 Å². The molecular formula is C15H14FN5O. The van der Waals surface area contributed by atoms with Gasteiger partial charge in [0.15, 0.2) is 5.82 Å². The van der Waals surface area contributed by atoms with Crippen molar-refractivity contribution in [1.82, 2.24) is 19.7 Å². The van der Waals surface area contributed by atoms with Crippen LogP contribution in [0, 0.1) is 5.82 Å². The molecule has 1 aromatic carbocycles. The van der Waals surface area contributed by atoms with Crippen LogP contribution < -0.4 is 5.32 Å². The Hall–Kier alpha value is -2.80. The first kappa shape index (κ1) is 14.2. The molecule has 0 aliphatic heterocycles. The van der Waals surface area contributed by atoms with Crippen LogP contribution in [0.25, 0.3) is 5.82 Å². The van der Waals surface area contributed by atoms with Gasteiger partial charge in [-0.1, -0.05) is 12.1 Å². The van der Waals surface area contributed by atoms with Crippen molar-refractivity contribution in [3.63, 3.8) is 0 Å². The fraction of sp³-hybridized carbons (Fsp3) is 0.133. The number of anilines is 1. The number of hydrogen-bond donors (Lipinski definition) is 2. The zero-order valence-corrected chi connectivity index (χ0v) is 11.6. The number of nitrogens with zero attached hydrogens (tertiary/aromatic N) is 4. The summed E-state index contributed by atoms with van der Waals surface area (Å²) in [6, 6.07) is 7.52. The smallest absolute Gasteiger partial charge is 0.173 e.